The Balaban J connectivity index is 2.00. The van der Waals surface area contributed by atoms with Gasteiger partial charge in [-0.15, -0.1) is 0 Å². The Morgan fingerprint density at radius 2 is 2.12 bits per heavy atom. The summed E-state index contributed by atoms with van der Waals surface area (Å²) in [6.45, 7) is 3.46. The highest BCUT2D eigenvalue weighted by Gasteiger charge is 2.35. The number of morpholine rings is 1. The number of hydrogen-bond donors (Lipinski definition) is 0. The fourth-order valence-electron chi connectivity index (χ4n) is 2.38. The summed E-state index contributed by atoms with van der Waals surface area (Å²) in [5, 5.41) is 0. The molecule has 0 aliphatic carbocycles. The van der Waals surface area contributed by atoms with E-state index in [1.165, 1.54) is 7.11 Å². The molecule has 0 aromatic heterocycles. The van der Waals surface area contributed by atoms with Crippen LogP contribution in [-0.2, 0) is 19.0 Å². The predicted octanol–water partition coefficient (Wildman–Crippen LogP) is 0.0392. The molecule has 2 rings (SSSR count). The van der Waals surface area contributed by atoms with Crippen molar-refractivity contribution in [3.8, 4) is 0 Å². The lowest BCUT2D eigenvalue weighted by Gasteiger charge is -2.40. The van der Waals surface area contributed by atoms with Crippen molar-refractivity contribution < 1.29 is 19.0 Å². The number of carbonyl (C=O) groups is 1. The number of esters is 1. The van der Waals surface area contributed by atoms with Crippen molar-refractivity contribution in [1.29, 1.82) is 0 Å². The summed E-state index contributed by atoms with van der Waals surface area (Å²) in [6, 6.07) is 0.0761. The molecule has 0 saturated carbocycles. The minimum atomic E-state index is -0.259. The normalized spacial score (nSPS) is 32.3. The molecule has 2 aliphatic heterocycles. The first-order chi connectivity index (χ1) is 7.83. The Morgan fingerprint density at radius 3 is 2.81 bits per heavy atom. The van der Waals surface area contributed by atoms with Crippen LogP contribution in [0, 0.1) is 0 Å². The van der Waals surface area contributed by atoms with E-state index in [9.17, 15) is 4.79 Å². The summed E-state index contributed by atoms with van der Waals surface area (Å²) >= 11 is 0. The molecule has 0 aromatic carbocycles. The molecule has 2 fully saturated rings. The van der Waals surface area contributed by atoms with Crippen LogP contribution < -0.4 is 0 Å². The maximum atomic E-state index is 11.6. The van der Waals surface area contributed by atoms with Gasteiger partial charge in [0.25, 0.3) is 0 Å². The summed E-state index contributed by atoms with van der Waals surface area (Å²) in [5.74, 6) is -0.203. The van der Waals surface area contributed by atoms with Gasteiger partial charge in [-0.1, -0.05) is 0 Å². The molecule has 2 saturated heterocycles. The fourth-order valence-corrected chi connectivity index (χ4v) is 2.38. The number of rotatable bonds is 2. The van der Waals surface area contributed by atoms with Gasteiger partial charge >= 0.3 is 5.97 Å². The molecule has 2 atom stereocenters. The third-order valence-electron chi connectivity index (χ3n) is 3.25. The number of ether oxygens (including phenoxy) is 3. The first kappa shape index (κ1) is 11.8. The highest BCUT2D eigenvalue weighted by Crippen LogP contribution is 2.19. The second kappa shape index (κ2) is 5.61. The van der Waals surface area contributed by atoms with E-state index >= 15 is 0 Å². The highest BCUT2D eigenvalue weighted by molar-refractivity contribution is 5.76. The molecular formula is C11H19NO4. The lowest BCUT2D eigenvalue weighted by Crippen LogP contribution is -2.56. The van der Waals surface area contributed by atoms with Crippen LogP contribution >= 0.6 is 0 Å². The Hall–Kier alpha value is -0.650. The van der Waals surface area contributed by atoms with E-state index < -0.39 is 0 Å². The Kier molecular flexibility index (Phi) is 4.15. The number of nitrogens with zero attached hydrogens (tertiary/aromatic N) is 1. The van der Waals surface area contributed by atoms with Crippen LogP contribution in [0.5, 0.6) is 0 Å². The maximum Gasteiger partial charge on any atom is 0.325 e. The van der Waals surface area contributed by atoms with E-state index in [0.717, 1.165) is 26.0 Å². The summed E-state index contributed by atoms with van der Waals surface area (Å²) in [7, 11) is 1.42. The molecule has 0 radical (unpaired) electrons. The second-order valence-electron chi connectivity index (χ2n) is 4.22. The van der Waals surface area contributed by atoms with Crippen LogP contribution in [0.25, 0.3) is 0 Å². The van der Waals surface area contributed by atoms with Crippen molar-refractivity contribution in [3.05, 3.63) is 0 Å². The molecule has 2 aliphatic rings. The Morgan fingerprint density at radius 1 is 1.31 bits per heavy atom. The van der Waals surface area contributed by atoms with Crippen molar-refractivity contribution in [3.63, 3.8) is 0 Å². The molecule has 0 amide bonds. The van der Waals surface area contributed by atoms with Gasteiger partial charge < -0.3 is 14.2 Å². The molecule has 5 heteroatoms. The quantitative estimate of drug-likeness (QED) is 0.626. The zero-order chi connectivity index (χ0) is 11.4. The van der Waals surface area contributed by atoms with Gasteiger partial charge in [-0.25, -0.2) is 0 Å². The van der Waals surface area contributed by atoms with Crippen molar-refractivity contribution in [2.45, 2.75) is 24.9 Å². The second-order valence-corrected chi connectivity index (χ2v) is 4.22. The van der Waals surface area contributed by atoms with Crippen LogP contribution in [0.1, 0.15) is 12.8 Å². The monoisotopic (exact) mass is 229 g/mol. The van der Waals surface area contributed by atoms with Gasteiger partial charge in [0.05, 0.1) is 26.9 Å². The lowest BCUT2D eigenvalue weighted by molar-refractivity contribution is -0.157. The average molecular weight is 229 g/mol. The highest BCUT2D eigenvalue weighted by atomic mass is 16.5. The van der Waals surface area contributed by atoms with Crippen LogP contribution in [0.2, 0.25) is 0 Å². The lowest BCUT2D eigenvalue weighted by atomic mass is 10.1. The largest absolute Gasteiger partial charge is 0.468 e. The summed E-state index contributed by atoms with van der Waals surface area (Å²) in [4.78, 5) is 13.8. The molecule has 92 valence electrons. The Labute approximate surface area is 95.6 Å². The topological polar surface area (TPSA) is 48.0 Å². The molecule has 0 aromatic rings. The van der Waals surface area contributed by atoms with E-state index in [2.05, 4.69) is 4.90 Å². The van der Waals surface area contributed by atoms with Crippen LogP contribution in [0.3, 0.4) is 0 Å². The SMILES string of the molecule is COC(=O)C1COCCN1C1CCCOC1. The van der Waals surface area contributed by atoms with Gasteiger partial charge in [0.1, 0.15) is 6.04 Å². The minimum Gasteiger partial charge on any atom is -0.468 e. The van der Waals surface area contributed by atoms with Crippen molar-refractivity contribution in [1.82, 2.24) is 4.90 Å². The zero-order valence-corrected chi connectivity index (χ0v) is 9.68. The molecule has 0 bridgehead atoms. The fraction of sp³-hybridized carbons (Fsp3) is 0.909. The van der Waals surface area contributed by atoms with E-state index in [4.69, 9.17) is 14.2 Å². The van der Waals surface area contributed by atoms with Crippen molar-refractivity contribution in [2.24, 2.45) is 0 Å². The molecule has 2 heterocycles. The predicted molar refractivity (Wildman–Crippen MR) is 57.2 cm³/mol. The van der Waals surface area contributed by atoms with Gasteiger partial charge in [0.15, 0.2) is 0 Å². The number of hydrogen-bond acceptors (Lipinski definition) is 5. The first-order valence-electron chi connectivity index (χ1n) is 5.82. The third kappa shape index (κ3) is 2.53. The van der Waals surface area contributed by atoms with E-state index in [0.29, 0.717) is 25.9 Å². The standard InChI is InChI=1S/C11H19NO4/c1-14-11(13)10-8-16-6-4-12(10)9-3-2-5-15-7-9/h9-10H,2-8H2,1H3. The van der Waals surface area contributed by atoms with Crippen LogP contribution in [-0.4, -0.2) is 63.0 Å². The zero-order valence-electron chi connectivity index (χ0n) is 9.68. The smallest absolute Gasteiger partial charge is 0.325 e. The summed E-state index contributed by atoms with van der Waals surface area (Å²) < 4.78 is 15.6. The first-order valence-corrected chi connectivity index (χ1v) is 5.82. The number of methoxy groups -OCH3 is 1. The van der Waals surface area contributed by atoms with Gasteiger partial charge in [-0.3, -0.25) is 9.69 Å². The summed E-state index contributed by atoms with van der Waals surface area (Å²) in [6.07, 6.45) is 2.16. The molecule has 2 unspecified atom stereocenters. The minimum absolute atomic E-state index is 0.203. The molecule has 16 heavy (non-hydrogen) atoms. The molecular weight excluding hydrogens is 210 g/mol. The van der Waals surface area contributed by atoms with E-state index in [-0.39, 0.29) is 12.0 Å². The molecule has 0 N–H and O–H groups in total. The third-order valence-corrected chi connectivity index (χ3v) is 3.25. The summed E-state index contributed by atoms with van der Waals surface area (Å²) in [5.41, 5.74) is 0. The average Bonchev–Trinajstić information content (AvgIpc) is 2.39. The van der Waals surface area contributed by atoms with Gasteiger partial charge in [0, 0.05) is 19.2 Å². The molecule has 5 nitrogen and oxygen atoms in total. The van der Waals surface area contributed by atoms with Crippen LogP contribution in [0.4, 0.5) is 0 Å². The maximum absolute atomic E-state index is 11.6. The Bertz CT molecular complexity index is 240. The van der Waals surface area contributed by atoms with Crippen molar-refractivity contribution >= 4 is 5.97 Å². The van der Waals surface area contributed by atoms with Crippen molar-refractivity contribution in [2.75, 3.05) is 40.1 Å². The number of carbonyl (C=O) groups excluding carboxylic acids is 1. The van der Waals surface area contributed by atoms with Gasteiger partial charge in [-0.2, -0.15) is 0 Å². The van der Waals surface area contributed by atoms with E-state index in [1.54, 1.807) is 0 Å². The van der Waals surface area contributed by atoms with E-state index in [1.807, 2.05) is 0 Å². The molecule has 0 spiro atoms. The van der Waals surface area contributed by atoms with Gasteiger partial charge in [-0.05, 0) is 12.8 Å². The van der Waals surface area contributed by atoms with Crippen LogP contribution in [0.15, 0.2) is 0 Å². The van der Waals surface area contributed by atoms with Gasteiger partial charge in [0.2, 0.25) is 0 Å².